The maximum absolute atomic E-state index is 6.00. The molecule has 2 aliphatic rings. The summed E-state index contributed by atoms with van der Waals surface area (Å²) < 4.78 is 5.33. The number of guanidine groups is 1. The molecular weight excluding hydrogens is 248 g/mol. The van der Waals surface area contributed by atoms with E-state index in [2.05, 4.69) is 14.8 Å². The maximum Gasteiger partial charge on any atom is 0.191 e. The Morgan fingerprint density at radius 1 is 1.17 bits per heavy atom. The van der Waals surface area contributed by atoms with Crippen molar-refractivity contribution < 1.29 is 4.74 Å². The number of morpholine rings is 1. The van der Waals surface area contributed by atoms with Crippen LogP contribution in [0.15, 0.2) is 4.99 Å². The van der Waals surface area contributed by atoms with Crippen LogP contribution in [0.2, 0.25) is 0 Å². The van der Waals surface area contributed by atoms with E-state index in [9.17, 15) is 0 Å². The van der Waals surface area contributed by atoms with E-state index in [1.54, 1.807) is 0 Å². The molecule has 0 bridgehead atoms. The van der Waals surface area contributed by atoms with Gasteiger partial charge in [-0.1, -0.05) is 0 Å². The average Bonchev–Trinajstić information content (AvgIpc) is 2.45. The number of ether oxygens (including phenoxy) is 1. The Morgan fingerprint density at radius 2 is 1.89 bits per heavy atom. The van der Waals surface area contributed by atoms with Gasteiger partial charge in [-0.3, -0.25) is 9.89 Å². The molecular formula is C12H24N4OS. The van der Waals surface area contributed by atoms with Crippen LogP contribution in [0.1, 0.15) is 6.42 Å². The predicted octanol–water partition coefficient (Wildman–Crippen LogP) is 0.0722. The first-order valence-electron chi connectivity index (χ1n) is 6.79. The Balaban J connectivity index is 1.60. The van der Waals surface area contributed by atoms with Crippen molar-refractivity contribution in [2.75, 3.05) is 64.0 Å². The van der Waals surface area contributed by atoms with E-state index < -0.39 is 0 Å². The average molecular weight is 272 g/mol. The summed E-state index contributed by atoms with van der Waals surface area (Å²) in [6, 6.07) is 0. The van der Waals surface area contributed by atoms with E-state index in [0.717, 1.165) is 64.9 Å². The number of nitrogens with two attached hydrogens (primary N) is 1. The molecule has 6 heteroatoms. The second-order valence-electron chi connectivity index (χ2n) is 4.65. The zero-order valence-electron chi connectivity index (χ0n) is 11.0. The Bertz CT molecular complexity index is 263. The van der Waals surface area contributed by atoms with Gasteiger partial charge in [0.25, 0.3) is 0 Å². The van der Waals surface area contributed by atoms with E-state index in [1.165, 1.54) is 11.5 Å². The van der Waals surface area contributed by atoms with Crippen LogP contribution in [0.25, 0.3) is 0 Å². The fourth-order valence-electron chi connectivity index (χ4n) is 2.21. The number of hydrogen-bond donors (Lipinski definition) is 1. The molecule has 104 valence electrons. The predicted molar refractivity (Wildman–Crippen MR) is 77.3 cm³/mol. The molecule has 0 unspecified atom stereocenters. The summed E-state index contributed by atoms with van der Waals surface area (Å²) in [5, 5.41) is 0. The van der Waals surface area contributed by atoms with Gasteiger partial charge in [0.15, 0.2) is 5.96 Å². The van der Waals surface area contributed by atoms with E-state index in [1.807, 2.05) is 11.8 Å². The number of thioether (sulfide) groups is 1. The van der Waals surface area contributed by atoms with Crippen LogP contribution in [0.5, 0.6) is 0 Å². The van der Waals surface area contributed by atoms with Crippen molar-refractivity contribution in [1.82, 2.24) is 9.80 Å². The van der Waals surface area contributed by atoms with Crippen LogP contribution in [-0.4, -0.2) is 79.7 Å². The fourth-order valence-corrected chi connectivity index (χ4v) is 3.11. The van der Waals surface area contributed by atoms with Crippen molar-refractivity contribution in [3.05, 3.63) is 0 Å². The van der Waals surface area contributed by atoms with Gasteiger partial charge < -0.3 is 15.4 Å². The molecule has 18 heavy (non-hydrogen) atoms. The van der Waals surface area contributed by atoms with Crippen LogP contribution in [0.3, 0.4) is 0 Å². The standard InChI is InChI=1S/C12H24N4OS/c13-12(16-6-10-18-11-7-16)14-2-1-3-15-4-8-17-9-5-15/h1-11H2,(H2,13,14). The first-order valence-corrected chi connectivity index (χ1v) is 7.94. The molecule has 2 fully saturated rings. The number of nitrogens with zero attached hydrogens (tertiary/aromatic N) is 3. The molecule has 0 saturated carbocycles. The van der Waals surface area contributed by atoms with E-state index >= 15 is 0 Å². The van der Waals surface area contributed by atoms with Gasteiger partial charge in [0.05, 0.1) is 13.2 Å². The lowest BCUT2D eigenvalue weighted by atomic mass is 10.3. The topological polar surface area (TPSA) is 54.1 Å². The van der Waals surface area contributed by atoms with Gasteiger partial charge in [0.2, 0.25) is 0 Å². The first kappa shape index (κ1) is 14.0. The quantitative estimate of drug-likeness (QED) is 0.446. The van der Waals surface area contributed by atoms with Crippen molar-refractivity contribution in [2.24, 2.45) is 10.7 Å². The summed E-state index contributed by atoms with van der Waals surface area (Å²) in [6.45, 7) is 7.90. The molecule has 0 aromatic rings. The van der Waals surface area contributed by atoms with Crippen LogP contribution in [0, 0.1) is 0 Å². The lowest BCUT2D eigenvalue weighted by Gasteiger charge is -2.27. The molecule has 0 aliphatic carbocycles. The highest BCUT2D eigenvalue weighted by Gasteiger charge is 2.12. The van der Waals surface area contributed by atoms with Crippen molar-refractivity contribution in [3.63, 3.8) is 0 Å². The fraction of sp³-hybridized carbons (Fsp3) is 0.917. The molecule has 0 atom stereocenters. The smallest absolute Gasteiger partial charge is 0.191 e. The van der Waals surface area contributed by atoms with E-state index in [4.69, 9.17) is 10.5 Å². The minimum Gasteiger partial charge on any atom is -0.379 e. The van der Waals surface area contributed by atoms with Crippen LogP contribution in [0.4, 0.5) is 0 Å². The van der Waals surface area contributed by atoms with Gasteiger partial charge in [-0.2, -0.15) is 11.8 Å². The van der Waals surface area contributed by atoms with Gasteiger partial charge in [0.1, 0.15) is 0 Å². The van der Waals surface area contributed by atoms with E-state index in [0.29, 0.717) is 0 Å². The molecule has 0 aromatic heterocycles. The molecule has 5 nitrogen and oxygen atoms in total. The molecule has 2 aliphatic heterocycles. The van der Waals surface area contributed by atoms with Crippen LogP contribution in [-0.2, 0) is 4.74 Å². The molecule has 0 amide bonds. The van der Waals surface area contributed by atoms with Crippen molar-refractivity contribution in [3.8, 4) is 0 Å². The third-order valence-electron chi connectivity index (χ3n) is 3.35. The second kappa shape index (κ2) is 7.86. The summed E-state index contributed by atoms with van der Waals surface area (Å²) in [5.41, 5.74) is 6.00. The molecule has 0 radical (unpaired) electrons. The molecule has 2 N–H and O–H groups in total. The summed E-state index contributed by atoms with van der Waals surface area (Å²) in [4.78, 5) is 9.12. The highest BCUT2D eigenvalue weighted by Crippen LogP contribution is 2.08. The van der Waals surface area contributed by atoms with Crippen molar-refractivity contribution >= 4 is 17.7 Å². The minimum absolute atomic E-state index is 0.734. The van der Waals surface area contributed by atoms with Crippen molar-refractivity contribution in [2.45, 2.75) is 6.42 Å². The second-order valence-corrected chi connectivity index (χ2v) is 5.87. The first-order chi connectivity index (χ1) is 8.86. The number of rotatable bonds is 4. The largest absolute Gasteiger partial charge is 0.379 e. The lowest BCUT2D eigenvalue weighted by molar-refractivity contribution is 0.0377. The monoisotopic (exact) mass is 272 g/mol. The SMILES string of the molecule is NC(=NCCCN1CCOCC1)N1CCSCC1. The summed E-state index contributed by atoms with van der Waals surface area (Å²) in [7, 11) is 0. The highest BCUT2D eigenvalue weighted by atomic mass is 32.2. The summed E-state index contributed by atoms with van der Waals surface area (Å²) in [5.74, 6) is 3.07. The Morgan fingerprint density at radius 3 is 2.61 bits per heavy atom. The third kappa shape index (κ3) is 4.66. The Labute approximate surface area is 114 Å². The van der Waals surface area contributed by atoms with Gasteiger partial charge >= 0.3 is 0 Å². The van der Waals surface area contributed by atoms with Gasteiger partial charge in [-0.25, -0.2) is 0 Å². The van der Waals surface area contributed by atoms with Gasteiger partial charge in [-0.05, 0) is 6.42 Å². The zero-order valence-corrected chi connectivity index (χ0v) is 11.8. The van der Waals surface area contributed by atoms with Crippen LogP contribution >= 0.6 is 11.8 Å². The molecule has 0 aromatic carbocycles. The van der Waals surface area contributed by atoms with Crippen LogP contribution < -0.4 is 5.73 Å². The normalized spacial score (nSPS) is 23.3. The Hall–Kier alpha value is -0.460. The molecule has 2 rings (SSSR count). The lowest BCUT2D eigenvalue weighted by Crippen LogP contribution is -2.42. The number of aliphatic imine (C=N–C) groups is 1. The van der Waals surface area contributed by atoms with Gasteiger partial charge in [-0.15, -0.1) is 0 Å². The molecule has 2 saturated heterocycles. The zero-order chi connectivity index (χ0) is 12.6. The number of hydrogen-bond acceptors (Lipinski definition) is 4. The third-order valence-corrected chi connectivity index (χ3v) is 4.29. The van der Waals surface area contributed by atoms with E-state index in [-0.39, 0.29) is 0 Å². The van der Waals surface area contributed by atoms with Gasteiger partial charge in [0, 0.05) is 50.8 Å². The Kier molecular flexibility index (Phi) is 6.10. The summed E-state index contributed by atoms with van der Waals surface area (Å²) >= 11 is 1.99. The summed E-state index contributed by atoms with van der Waals surface area (Å²) in [6.07, 6.45) is 1.09. The minimum atomic E-state index is 0.734. The molecule has 2 heterocycles. The maximum atomic E-state index is 6.00. The highest BCUT2D eigenvalue weighted by molar-refractivity contribution is 7.99. The molecule has 0 spiro atoms. The van der Waals surface area contributed by atoms with Crippen molar-refractivity contribution in [1.29, 1.82) is 0 Å².